The van der Waals surface area contributed by atoms with Gasteiger partial charge in [-0.25, -0.2) is 0 Å². The Morgan fingerprint density at radius 1 is 1.39 bits per heavy atom. The van der Waals surface area contributed by atoms with E-state index in [4.69, 9.17) is 9.47 Å². The van der Waals surface area contributed by atoms with Gasteiger partial charge in [0.05, 0.1) is 12.5 Å². The molecule has 1 aliphatic heterocycles. The Bertz CT molecular complexity index is 572. The summed E-state index contributed by atoms with van der Waals surface area (Å²) in [4.78, 5) is 23.9. The molecule has 0 spiro atoms. The highest BCUT2D eigenvalue weighted by atomic mass is 16.5. The minimum Gasteiger partial charge on any atom is -0.492 e. The molecule has 1 aromatic rings. The highest BCUT2D eigenvalue weighted by Gasteiger charge is 2.26. The first-order valence-electron chi connectivity index (χ1n) is 7.84. The lowest BCUT2D eigenvalue weighted by Crippen LogP contribution is -2.38. The van der Waals surface area contributed by atoms with E-state index in [9.17, 15) is 9.59 Å². The number of carbonyl (C=O) groups excluding carboxylic acids is 2. The fourth-order valence-electron chi connectivity index (χ4n) is 2.35. The molecule has 2 amide bonds. The molecule has 2 N–H and O–H groups in total. The van der Waals surface area contributed by atoms with Crippen LogP contribution in [0.15, 0.2) is 18.2 Å². The van der Waals surface area contributed by atoms with Gasteiger partial charge in [-0.1, -0.05) is 13.8 Å². The number of anilines is 1. The van der Waals surface area contributed by atoms with Crippen LogP contribution in [0.4, 0.5) is 5.69 Å². The van der Waals surface area contributed by atoms with Crippen molar-refractivity contribution in [1.29, 1.82) is 0 Å². The normalized spacial score (nSPS) is 16.4. The molecule has 2 rings (SSSR count). The minimum atomic E-state index is -0.226. The van der Waals surface area contributed by atoms with Crippen molar-refractivity contribution in [2.75, 3.05) is 32.2 Å². The van der Waals surface area contributed by atoms with Crippen LogP contribution in [0, 0.1) is 11.8 Å². The zero-order chi connectivity index (χ0) is 16.8. The van der Waals surface area contributed by atoms with Crippen molar-refractivity contribution in [3.63, 3.8) is 0 Å². The van der Waals surface area contributed by atoms with Crippen molar-refractivity contribution in [3.05, 3.63) is 23.8 Å². The molecule has 0 saturated carbocycles. The molecule has 1 heterocycles. The number of fused-ring (bicyclic) bond motifs is 1. The molecule has 6 nitrogen and oxygen atoms in total. The highest BCUT2D eigenvalue weighted by Crippen LogP contribution is 2.30. The molecule has 0 radical (unpaired) electrons. The Morgan fingerprint density at radius 2 is 2.17 bits per heavy atom. The van der Waals surface area contributed by atoms with Gasteiger partial charge in [-0.2, -0.15) is 0 Å². The number of carbonyl (C=O) groups is 2. The molecule has 0 aromatic heterocycles. The van der Waals surface area contributed by atoms with E-state index in [0.29, 0.717) is 26.2 Å². The molecule has 0 unspecified atom stereocenters. The maximum Gasteiger partial charge on any atom is 0.226 e. The van der Waals surface area contributed by atoms with Crippen molar-refractivity contribution in [3.8, 4) is 5.75 Å². The van der Waals surface area contributed by atoms with Crippen molar-refractivity contribution in [2.45, 2.75) is 20.3 Å². The van der Waals surface area contributed by atoms with Gasteiger partial charge in [0.1, 0.15) is 12.4 Å². The molecule has 126 valence electrons. The predicted molar refractivity (Wildman–Crippen MR) is 87.5 cm³/mol. The van der Waals surface area contributed by atoms with E-state index in [-0.39, 0.29) is 23.7 Å². The summed E-state index contributed by atoms with van der Waals surface area (Å²) in [6.07, 6.45) is 0.597. The Hall–Kier alpha value is -2.08. The number of hydrogen-bond donors (Lipinski definition) is 2. The van der Waals surface area contributed by atoms with Gasteiger partial charge < -0.3 is 20.1 Å². The summed E-state index contributed by atoms with van der Waals surface area (Å²) < 4.78 is 10.6. The standard InChI is InChI=1S/C17H24N2O4/c1-11(2)16(20)19-14-4-5-15-12(9-14)8-13(10-23-15)17(21)18-6-7-22-3/h4-5,9,11,13H,6-8,10H2,1-3H3,(H,18,21)(H,19,20)/t13-/m1/s1. The summed E-state index contributed by atoms with van der Waals surface area (Å²) in [6.45, 7) is 5.03. The van der Waals surface area contributed by atoms with Crippen LogP contribution in [0.2, 0.25) is 0 Å². The van der Waals surface area contributed by atoms with Crippen LogP contribution < -0.4 is 15.4 Å². The van der Waals surface area contributed by atoms with E-state index in [1.807, 2.05) is 32.0 Å². The summed E-state index contributed by atoms with van der Waals surface area (Å²) in [5.74, 6) is 0.394. The van der Waals surface area contributed by atoms with Gasteiger partial charge in [0.2, 0.25) is 11.8 Å². The van der Waals surface area contributed by atoms with Crippen LogP contribution in [0.25, 0.3) is 0 Å². The number of nitrogens with one attached hydrogen (secondary N) is 2. The van der Waals surface area contributed by atoms with Gasteiger partial charge >= 0.3 is 0 Å². The monoisotopic (exact) mass is 320 g/mol. The van der Waals surface area contributed by atoms with Crippen LogP contribution in [0.5, 0.6) is 5.75 Å². The van der Waals surface area contributed by atoms with E-state index in [2.05, 4.69) is 10.6 Å². The first-order chi connectivity index (χ1) is 11.0. The molecule has 1 aromatic carbocycles. The fourth-order valence-corrected chi connectivity index (χ4v) is 2.35. The van der Waals surface area contributed by atoms with E-state index < -0.39 is 0 Å². The van der Waals surface area contributed by atoms with Crippen LogP contribution >= 0.6 is 0 Å². The van der Waals surface area contributed by atoms with Crippen molar-refractivity contribution in [2.24, 2.45) is 11.8 Å². The Kier molecular flexibility index (Phi) is 5.98. The number of benzene rings is 1. The van der Waals surface area contributed by atoms with Gasteiger partial charge in [-0.3, -0.25) is 9.59 Å². The fraction of sp³-hybridized carbons (Fsp3) is 0.529. The van der Waals surface area contributed by atoms with Gasteiger partial charge in [0.15, 0.2) is 0 Å². The number of ether oxygens (including phenoxy) is 2. The predicted octanol–water partition coefficient (Wildman–Crippen LogP) is 1.59. The Labute approximate surface area is 136 Å². The third-order valence-corrected chi connectivity index (χ3v) is 3.73. The van der Waals surface area contributed by atoms with E-state index in [1.165, 1.54) is 0 Å². The summed E-state index contributed by atoms with van der Waals surface area (Å²) >= 11 is 0. The van der Waals surface area contributed by atoms with E-state index >= 15 is 0 Å². The second kappa shape index (κ2) is 7.97. The maximum absolute atomic E-state index is 12.1. The molecule has 0 bridgehead atoms. The van der Waals surface area contributed by atoms with Gasteiger partial charge in [0.25, 0.3) is 0 Å². The lowest BCUT2D eigenvalue weighted by atomic mass is 9.95. The summed E-state index contributed by atoms with van der Waals surface area (Å²) in [6, 6.07) is 5.53. The number of amides is 2. The summed E-state index contributed by atoms with van der Waals surface area (Å²) in [5.41, 5.74) is 1.66. The Morgan fingerprint density at radius 3 is 2.87 bits per heavy atom. The second-order valence-corrected chi connectivity index (χ2v) is 5.96. The van der Waals surface area contributed by atoms with Crippen molar-refractivity contribution >= 4 is 17.5 Å². The van der Waals surface area contributed by atoms with Gasteiger partial charge in [-0.05, 0) is 30.2 Å². The lowest BCUT2D eigenvalue weighted by molar-refractivity contribution is -0.126. The SMILES string of the molecule is COCCNC(=O)[C@H]1COc2ccc(NC(=O)C(C)C)cc2C1. The molecular formula is C17H24N2O4. The van der Waals surface area contributed by atoms with Crippen LogP contribution in [-0.2, 0) is 20.7 Å². The zero-order valence-corrected chi connectivity index (χ0v) is 13.8. The molecule has 23 heavy (non-hydrogen) atoms. The van der Waals surface area contributed by atoms with Crippen LogP contribution in [0.1, 0.15) is 19.4 Å². The summed E-state index contributed by atoms with van der Waals surface area (Å²) in [7, 11) is 1.60. The third-order valence-electron chi connectivity index (χ3n) is 3.73. The molecule has 6 heteroatoms. The second-order valence-electron chi connectivity index (χ2n) is 5.96. The number of methoxy groups -OCH3 is 1. The topological polar surface area (TPSA) is 76.7 Å². The molecule has 0 saturated heterocycles. The largest absolute Gasteiger partial charge is 0.492 e. The smallest absolute Gasteiger partial charge is 0.226 e. The lowest BCUT2D eigenvalue weighted by Gasteiger charge is -2.25. The van der Waals surface area contributed by atoms with Gasteiger partial charge in [0, 0.05) is 25.3 Å². The van der Waals surface area contributed by atoms with Gasteiger partial charge in [-0.15, -0.1) is 0 Å². The average molecular weight is 320 g/mol. The first kappa shape index (κ1) is 17.3. The van der Waals surface area contributed by atoms with Crippen LogP contribution in [0.3, 0.4) is 0 Å². The van der Waals surface area contributed by atoms with E-state index in [0.717, 1.165) is 17.0 Å². The average Bonchev–Trinajstić information content (AvgIpc) is 2.54. The van der Waals surface area contributed by atoms with E-state index in [1.54, 1.807) is 7.11 Å². The zero-order valence-electron chi connectivity index (χ0n) is 13.8. The number of rotatable bonds is 6. The van der Waals surface area contributed by atoms with Crippen molar-refractivity contribution < 1.29 is 19.1 Å². The minimum absolute atomic E-state index is 0.0319. The third kappa shape index (κ3) is 4.69. The maximum atomic E-state index is 12.1. The highest BCUT2D eigenvalue weighted by molar-refractivity contribution is 5.92. The molecule has 0 fully saturated rings. The number of hydrogen-bond acceptors (Lipinski definition) is 4. The molecule has 1 atom stereocenters. The Balaban J connectivity index is 2.01. The first-order valence-corrected chi connectivity index (χ1v) is 7.84. The molecular weight excluding hydrogens is 296 g/mol. The van der Waals surface area contributed by atoms with Crippen LogP contribution in [-0.4, -0.2) is 38.7 Å². The molecule has 0 aliphatic carbocycles. The summed E-state index contributed by atoms with van der Waals surface area (Å²) in [5, 5.41) is 5.70. The molecule has 1 aliphatic rings. The quantitative estimate of drug-likeness (QED) is 0.781. The van der Waals surface area contributed by atoms with Crippen molar-refractivity contribution in [1.82, 2.24) is 5.32 Å².